The van der Waals surface area contributed by atoms with Gasteiger partial charge in [-0.3, -0.25) is 0 Å². The number of Topliss-reactive ketones (excluding diaryl/α,β-unsaturated/α-hetero) is 1. The smallest absolute Gasteiger partial charge is 0.156 e. The highest BCUT2D eigenvalue weighted by molar-refractivity contribution is 5.75. The van der Waals surface area contributed by atoms with Crippen LogP contribution in [0, 0.1) is 13.8 Å². The van der Waals surface area contributed by atoms with Crippen LogP contribution in [-0.4, -0.2) is 20.5 Å². The maximum Gasteiger partial charge on any atom is 0.156 e. The van der Waals surface area contributed by atoms with Crippen molar-refractivity contribution in [2.45, 2.75) is 40.3 Å². The summed E-state index contributed by atoms with van der Waals surface area (Å²) in [7, 11) is 0. The molecule has 1 aromatic carbocycles. The lowest BCUT2D eigenvalue weighted by molar-refractivity contribution is -0.116. The van der Waals surface area contributed by atoms with Crippen molar-refractivity contribution >= 4 is 17.3 Å². The fourth-order valence-electron chi connectivity index (χ4n) is 2.75. The van der Waals surface area contributed by atoms with Crippen LogP contribution < -0.4 is 5.32 Å². The van der Waals surface area contributed by atoms with Gasteiger partial charge in [0.25, 0.3) is 0 Å². The van der Waals surface area contributed by atoms with Gasteiger partial charge < -0.3 is 10.1 Å². The van der Waals surface area contributed by atoms with Crippen LogP contribution in [0.1, 0.15) is 35.7 Å². The molecule has 0 aliphatic heterocycles. The van der Waals surface area contributed by atoms with E-state index in [1.165, 1.54) is 5.56 Å². The number of nitrogens with zero attached hydrogens (tertiary/aromatic N) is 3. The summed E-state index contributed by atoms with van der Waals surface area (Å²) < 4.78 is 14.6. The van der Waals surface area contributed by atoms with Crippen molar-refractivity contribution in [3.05, 3.63) is 65.0 Å². The van der Waals surface area contributed by atoms with Crippen LogP contribution in [-0.2, 0) is 17.9 Å². The second-order valence-electron chi connectivity index (χ2n) is 6.75. The van der Waals surface area contributed by atoms with Gasteiger partial charge in [-0.15, -0.1) is 0 Å². The monoisotopic (exact) mass is 366 g/mol. The van der Waals surface area contributed by atoms with E-state index in [1.807, 2.05) is 50.2 Å². The number of pyridine rings is 1. The van der Waals surface area contributed by atoms with E-state index in [2.05, 4.69) is 15.4 Å². The molecule has 0 radical (unpaired) electrons. The number of alkyl halides is 1. The molecule has 0 aliphatic rings. The summed E-state index contributed by atoms with van der Waals surface area (Å²) in [4.78, 5) is 16.0. The SMILES string of the molecule is CC(=O)CCc1cc(Nc2ccc(C)cc2)nc(-n2cc(C)c(CF)n2)c1. The summed E-state index contributed by atoms with van der Waals surface area (Å²) in [5.74, 6) is 1.38. The van der Waals surface area contributed by atoms with Gasteiger partial charge in [0.05, 0.1) is 5.69 Å². The molecule has 140 valence electrons. The predicted molar refractivity (Wildman–Crippen MR) is 104 cm³/mol. The molecular formula is C21H23FN4O. The molecule has 5 nitrogen and oxygen atoms in total. The van der Waals surface area contributed by atoms with Gasteiger partial charge in [0.2, 0.25) is 0 Å². The average molecular weight is 366 g/mol. The highest BCUT2D eigenvalue weighted by atomic mass is 19.1. The number of hydrogen-bond acceptors (Lipinski definition) is 4. The second-order valence-corrected chi connectivity index (χ2v) is 6.75. The van der Waals surface area contributed by atoms with Crippen LogP contribution in [0.3, 0.4) is 0 Å². The second kappa shape index (κ2) is 8.12. The molecule has 6 heteroatoms. The van der Waals surface area contributed by atoms with E-state index in [9.17, 15) is 9.18 Å². The van der Waals surface area contributed by atoms with Gasteiger partial charge in [0.1, 0.15) is 18.3 Å². The number of benzene rings is 1. The Hall–Kier alpha value is -3.02. The van der Waals surface area contributed by atoms with Crippen LogP contribution in [0.2, 0.25) is 0 Å². The van der Waals surface area contributed by atoms with Crippen LogP contribution in [0.15, 0.2) is 42.6 Å². The zero-order valence-corrected chi connectivity index (χ0v) is 15.8. The molecule has 0 fully saturated rings. The zero-order chi connectivity index (χ0) is 19.4. The molecule has 2 heterocycles. The van der Waals surface area contributed by atoms with Crippen molar-refractivity contribution in [2.75, 3.05) is 5.32 Å². The third kappa shape index (κ3) is 4.78. The first kappa shape index (κ1) is 18.8. The summed E-state index contributed by atoms with van der Waals surface area (Å²) >= 11 is 0. The molecule has 0 spiro atoms. The van der Waals surface area contributed by atoms with Gasteiger partial charge in [-0.25, -0.2) is 14.1 Å². The lowest BCUT2D eigenvalue weighted by Gasteiger charge is -2.11. The Balaban J connectivity index is 1.96. The van der Waals surface area contributed by atoms with Crippen LogP contribution in [0.4, 0.5) is 15.9 Å². The predicted octanol–water partition coefficient (Wildman–Crippen LogP) is 4.62. The molecule has 2 aromatic heterocycles. The van der Waals surface area contributed by atoms with E-state index in [0.29, 0.717) is 30.2 Å². The molecule has 3 aromatic rings. The Bertz CT molecular complexity index is 947. The molecule has 0 aliphatic carbocycles. The average Bonchev–Trinajstić information content (AvgIpc) is 3.03. The maximum absolute atomic E-state index is 13.1. The van der Waals surface area contributed by atoms with Gasteiger partial charge in [-0.2, -0.15) is 5.10 Å². The molecular weight excluding hydrogens is 343 g/mol. The third-order valence-electron chi connectivity index (χ3n) is 4.32. The number of anilines is 2. The summed E-state index contributed by atoms with van der Waals surface area (Å²) in [6.07, 6.45) is 2.84. The largest absolute Gasteiger partial charge is 0.340 e. The van der Waals surface area contributed by atoms with Crippen LogP contribution >= 0.6 is 0 Å². The quantitative estimate of drug-likeness (QED) is 0.663. The minimum atomic E-state index is -0.614. The number of rotatable bonds is 7. The molecule has 27 heavy (non-hydrogen) atoms. The van der Waals surface area contributed by atoms with E-state index < -0.39 is 6.67 Å². The first-order chi connectivity index (χ1) is 12.9. The number of hydrogen-bond donors (Lipinski definition) is 1. The van der Waals surface area contributed by atoms with E-state index >= 15 is 0 Å². The number of carbonyl (C=O) groups excluding carboxylic acids is 1. The van der Waals surface area contributed by atoms with Crippen molar-refractivity contribution in [3.63, 3.8) is 0 Å². The highest BCUT2D eigenvalue weighted by Gasteiger charge is 2.10. The Morgan fingerprint density at radius 3 is 2.56 bits per heavy atom. The van der Waals surface area contributed by atoms with Crippen molar-refractivity contribution in [3.8, 4) is 5.82 Å². The molecule has 0 unspecified atom stereocenters. The fraction of sp³-hybridized carbons (Fsp3) is 0.286. The van der Waals surface area contributed by atoms with Crippen molar-refractivity contribution in [1.82, 2.24) is 14.8 Å². The molecule has 0 amide bonds. The Morgan fingerprint density at radius 1 is 1.19 bits per heavy atom. The number of halogens is 1. The normalized spacial score (nSPS) is 10.8. The lowest BCUT2D eigenvalue weighted by atomic mass is 10.1. The number of aromatic nitrogens is 3. The molecule has 0 atom stereocenters. The number of carbonyl (C=O) groups is 1. The van der Waals surface area contributed by atoms with E-state index in [1.54, 1.807) is 17.8 Å². The summed E-state index contributed by atoms with van der Waals surface area (Å²) in [5.41, 5.74) is 4.25. The topological polar surface area (TPSA) is 59.8 Å². The minimum Gasteiger partial charge on any atom is -0.340 e. The van der Waals surface area contributed by atoms with Gasteiger partial charge in [0.15, 0.2) is 5.82 Å². The third-order valence-corrected chi connectivity index (χ3v) is 4.32. The summed E-state index contributed by atoms with van der Waals surface area (Å²) in [6, 6.07) is 11.8. The van der Waals surface area contributed by atoms with Gasteiger partial charge in [0, 0.05) is 18.3 Å². The van der Waals surface area contributed by atoms with Gasteiger partial charge in [-0.05, 0) is 62.6 Å². The Morgan fingerprint density at radius 2 is 1.93 bits per heavy atom. The van der Waals surface area contributed by atoms with E-state index in [4.69, 9.17) is 0 Å². The zero-order valence-electron chi connectivity index (χ0n) is 15.8. The first-order valence-corrected chi connectivity index (χ1v) is 8.90. The first-order valence-electron chi connectivity index (χ1n) is 8.90. The molecule has 1 N–H and O–H groups in total. The van der Waals surface area contributed by atoms with Crippen LogP contribution in [0.25, 0.3) is 5.82 Å². The molecule has 0 saturated carbocycles. The molecule has 3 rings (SSSR count). The highest BCUT2D eigenvalue weighted by Crippen LogP contribution is 2.21. The van der Waals surface area contributed by atoms with Crippen molar-refractivity contribution in [2.24, 2.45) is 0 Å². The van der Waals surface area contributed by atoms with Gasteiger partial charge in [-0.1, -0.05) is 17.7 Å². The Kier molecular flexibility index (Phi) is 5.64. The fourth-order valence-corrected chi connectivity index (χ4v) is 2.75. The molecule has 0 saturated heterocycles. The van der Waals surface area contributed by atoms with E-state index in [-0.39, 0.29) is 5.78 Å². The summed E-state index contributed by atoms with van der Waals surface area (Å²) in [5, 5.41) is 7.57. The van der Waals surface area contributed by atoms with Crippen molar-refractivity contribution < 1.29 is 9.18 Å². The van der Waals surface area contributed by atoms with Gasteiger partial charge >= 0.3 is 0 Å². The van der Waals surface area contributed by atoms with Crippen molar-refractivity contribution in [1.29, 1.82) is 0 Å². The lowest BCUT2D eigenvalue weighted by Crippen LogP contribution is -2.05. The number of aryl methyl sites for hydroxylation is 3. The summed E-state index contributed by atoms with van der Waals surface area (Å²) in [6.45, 7) is 4.82. The number of nitrogens with one attached hydrogen (secondary N) is 1. The molecule has 0 bridgehead atoms. The minimum absolute atomic E-state index is 0.135. The van der Waals surface area contributed by atoms with Crippen LogP contribution in [0.5, 0.6) is 0 Å². The number of ketones is 1. The van der Waals surface area contributed by atoms with E-state index in [0.717, 1.165) is 16.8 Å². The maximum atomic E-state index is 13.1. The Labute approximate surface area is 158 Å². The standard InChI is InChI=1S/C21H23FN4O/c1-14-4-8-18(9-5-14)23-20-10-17(7-6-16(3)27)11-21(24-20)26-13-15(2)19(12-22)25-26/h4-5,8-11,13H,6-7,12H2,1-3H3,(H,23,24).